The van der Waals surface area contributed by atoms with E-state index in [9.17, 15) is 9.59 Å². The number of carbonyl (C=O) groups is 2. The van der Waals surface area contributed by atoms with E-state index in [0.717, 1.165) is 42.7 Å². The van der Waals surface area contributed by atoms with E-state index in [-0.39, 0.29) is 17.9 Å². The summed E-state index contributed by atoms with van der Waals surface area (Å²) in [7, 11) is 0. The van der Waals surface area contributed by atoms with Crippen LogP contribution in [0.5, 0.6) is 0 Å². The lowest BCUT2D eigenvalue weighted by molar-refractivity contribution is -0.117. The molecule has 2 aromatic rings. The van der Waals surface area contributed by atoms with Gasteiger partial charge in [0.1, 0.15) is 0 Å². The van der Waals surface area contributed by atoms with Gasteiger partial charge in [0.25, 0.3) is 0 Å². The summed E-state index contributed by atoms with van der Waals surface area (Å²) in [6.07, 6.45) is 2.86. The number of urea groups is 1. The number of thiophene rings is 1. The second-order valence-electron chi connectivity index (χ2n) is 6.76. The molecule has 2 heterocycles. The van der Waals surface area contributed by atoms with Crippen molar-refractivity contribution in [3.8, 4) is 0 Å². The third-order valence-electron chi connectivity index (χ3n) is 4.79. The molecule has 6 heteroatoms. The zero-order valence-electron chi connectivity index (χ0n) is 14.2. The highest BCUT2D eigenvalue weighted by Gasteiger charge is 2.29. The lowest BCUT2D eigenvalue weighted by Gasteiger charge is -2.27. The summed E-state index contributed by atoms with van der Waals surface area (Å²) in [4.78, 5) is 27.8. The Bertz CT molecular complexity index is 826. The fourth-order valence-corrected chi connectivity index (χ4v) is 3.93. The fourth-order valence-electron chi connectivity index (χ4n) is 3.04. The zero-order valence-corrected chi connectivity index (χ0v) is 15.0. The van der Waals surface area contributed by atoms with Gasteiger partial charge in [0.15, 0.2) is 0 Å². The smallest absolute Gasteiger partial charge is 0.322 e. The van der Waals surface area contributed by atoms with Crippen molar-refractivity contribution in [3.63, 3.8) is 0 Å². The summed E-state index contributed by atoms with van der Waals surface area (Å²) in [5.41, 5.74) is 3.70. The number of fused-ring (bicyclic) bond motifs is 1. The van der Waals surface area contributed by atoms with Crippen molar-refractivity contribution in [1.82, 2.24) is 4.90 Å². The second-order valence-corrected chi connectivity index (χ2v) is 7.76. The van der Waals surface area contributed by atoms with Gasteiger partial charge in [-0.15, -0.1) is 11.3 Å². The first kappa shape index (κ1) is 16.1. The molecule has 0 saturated heterocycles. The molecule has 0 unspecified atom stereocenters. The Balaban J connectivity index is 1.44. The predicted molar refractivity (Wildman–Crippen MR) is 100.0 cm³/mol. The molecule has 1 aromatic carbocycles. The number of benzene rings is 1. The number of hydrogen-bond acceptors (Lipinski definition) is 3. The van der Waals surface area contributed by atoms with Crippen molar-refractivity contribution in [2.75, 3.05) is 17.2 Å². The van der Waals surface area contributed by atoms with E-state index in [4.69, 9.17) is 0 Å². The lowest BCUT2D eigenvalue weighted by atomic mass is 10.1. The maximum absolute atomic E-state index is 12.6. The van der Waals surface area contributed by atoms with Crippen LogP contribution in [0.4, 0.5) is 16.2 Å². The van der Waals surface area contributed by atoms with Crippen molar-refractivity contribution < 1.29 is 9.59 Å². The first-order valence-corrected chi connectivity index (χ1v) is 9.51. The van der Waals surface area contributed by atoms with Crippen LogP contribution in [-0.2, 0) is 17.8 Å². The molecule has 0 spiro atoms. The van der Waals surface area contributed by atoms with Crippen LogP contribution >= 0.6 is 11.3 Å². The molecule has 5 nitrogen and oxygen atoms in total. The summed E-state index contributed by atoms with van der Waals surface area (Å²) in [6, 6.07) is 7.65. The molecule has 1 aliphatic heterocycles. The Labute approximate surface area is 151 Å². The molecule has 4 rings (SSSR count). The molecule has 1 saturated carbocycles. The monoisotopic (exact) mass is 355 g/mol. The molecule has 3 amide bonds. The summed E-state index contributed by atoms with van der Waals surface area (Å²) in [5.74, 6) is 0.231. The van der Waals surface area contributed by atoms with Crippen molar-refractivity contribution >= 4 is 34.6 Å². The number of hydrogen-bond donors (Lipinski definition) is 2. The fraction of sp³-hybridized carbons (Fsp3) is 0.368. The van der Waals surface area contributed by atoms with Crippen LogP contribution in [0.3, 0.4) is 0 Å². The third-order valence-corrected chi connectivity index (χ3v) is 5.81. The molecule has 2 N–H and O–H groups in total. The Morgan fingerprint density at radius 2 is 2.04 bits per heavy atom. The van der Waals surface area contributed by atoms with Gasteiger partial charge in [-0.25, -0.2) is 4.79 Å². The lowest BCUT2D eigenvalue weighted by Crippen LogP contribution is -2.38. The number of aryl methyl sites for hydroxylation is 1. The van der Waals surface area contributed by atoms with E-state index in [1.165, 1.54) is 10.4 Å². The van der Waals surface area contributed by atoms with E-state index in [1.807, 2.05) is 30.0 Å². The van der Waals surface area contributed by atoms with Gasteiger partial charge in [-0.2, -0.15) is 0 Å². The number of carbonyl (C=O) groups excluding carboxylic acids is 2. The molecule has 2 aliphatic rings. The molecular weight excluding hydrogens is 334 g/mol. The molecule has 0 bridgehead atoms. The number of nitrogens with zero attached hydrogens (tertiary/aromatic N) is 1. The maximum atomic E-state index is 12.6. The number of nitrogens with one attached hydrogen (secondary N) is 2. The number of amides is 3. The van der Waals surface area contributed by atoms with Gasteiger partial charge in [0, 0.05) is 35.3 Å². The maximum Gasteiger partial charge on any atom is 0.322 e. The van der Waals surface area contributed by atoms with E-state index < -0.39 is 0 Å². The minimum atomic E-state index is -0.0920. The summed E-state index contributed by atoms with van der Waals surface area (Å²) < 4.78 is 0. The van der Waals surface area contributed by atoms with Gasteiger partial charge >= 0.3 is 6.03 Å². The van der Waals surface area contributed by atoms with Crippen molar-refractivity contribution in [2.24, 2.45) is 5.92 Å². The third kappa shape index (κ3) is 3.54. The molecule has 0 radical (unpaired) electrons. The zero-order chi connectivity index (χ0) is 17.4. The molecule has 130 valence electrons. The van der Waals surface area contributed by atoms with Crippen LogP contribution in [-0.4, -0.2) is 23.4 Å². The quantitative estimate of drug-likeness (QED) is 0.874. The highest BCUT2D eigenvalue weighted by molar-refractivity contribution is 7.10. The van der Waals surface area contributed by atoms with Gasteiger partial charge < -0.3 is 15.5 Å². The highest BCUT2D eigenvalue weighted by Crippen LogP contribution is 2.31. The topological polar surface area (TPSA) is 61.4 Å². The van der Waals surface area contributed by atoms with Gasteiger partial charge in [-0.3, -0.25) is 4.79 Å². The molecule has 25 heavy (non-hydrogen) atoms. The summed E-state index contributed by atoms with van der Waals surface area (Å²) >= 11 is 1.76. The first-order valence-electron chi connectivity index (χ1n) is 8.63. The van der Waals surface area contributed by atoms with E-state index >= 15 is 0 Å². The number of anilines is 2. The molecule has 0 atom stereocenters. The van der Waals surface area contributed by atoms with Gasteiger partial charge in [0.05, 0.1) is 0 Å². The molecular formula is C19H21N3O2S. The largest absolute Gasteiger partial charge is 0.326 e. The van der Waals surface area contributed by atoms with Gasteiger partial charge in [-0.05, 0) is 60.9 Å². The first-order chi connectivity index (χ1) is 12.1. The number of rotatable bonds is 3. The average Bonchev–Trinajstić information content (AvgIpc) is 3.35. The van der Waals surface area contributed by atoms with Crippen molar-refractivity contribution in [1.29, 1.82) is 0 Å². The normalized spacial score (nSPS) is 16.3. The van der Waals surface area contributed by atoms with Gasteiger partial charge in [-0.1, -0.05) is 6.07 Å². The molecule has 1 aromatic heterocycles. The van der Waals surface area contributed by atoms with Crippen LogP contribution in [0.2, 0.25) is 0 Å². The minimum absolute atomic E-state index is 0.0714. The van der Waals surface area contributed by atoms with Crippen LogP contribution in [0, 0.1) is 12.8 Å². The minimum Gasteiger partial charge on any atom is -0.326 e. The van der Waals surface area contributed by atoms with Crippen molar-refractivity contribution in [3.05, 3.63) is 45.6 Å². The Kier molecular flexibility index (Phi) is 4.21. The standard InChI is InChI=1S/C19H21N3O2S/c1-12-2-5-15(20-18(23)13-3-4-13)10-16(12)21-19(24)22-8-6-17-14(11-22)7-9-25-17/h2,5,7,9-10,13H,3-4,6,8,11H2,1H3,(H,20,23)(H,21,24). The average molecular weight is 355 g/mol. The van der Waals surface area contributed by atoms with Crippen LogP contribution in [0.15, 0.2) is 29.6 Å². The SMILES string of the molecule is Cc1ccc(NC(=O)C2CC2)cc1NC(=O)N1CCc2sccc2C1. The van der Waals surface area contributed by atoms with Crippen molar-refractivity contribution in [2.45, 2.75) is 32.7 Å². The molecule has 1 fully saturated rings. The summed E-state index contributed by atoms with van der Waals surface area (Å²) in [6.45, 7) is 3.34. The highest BCUT2D eigenvalue weighted by atomic mass is 32.1. The Morgan fingerprint density at radius 3 is 2.84 bits per heavy atom. The molecule has 1 aliphatic carbocycles. The summed E-state index contributed by atoms with van der Waals surface area (Å²) in [5, 5.41) is 8.02. The van der Waals surface area contributed by atoms with E-state index in [1.54, 1.807) is 11.3 Å². The van der Waals surface area contributed by atoms with Gasteiger partial charge in [0.2, 0.25) is 5.91 Å². The second kappa shape index (κ2) is 6.52. The Hall–Kier alpha value is -2.34. The van der Waals surface area contributed by atoms with Crippen LogP contribution in [0.1, 0.15) is 28.8 Å². The predicted octanol–water partition coefficient (Wildman–Crippen LogP) is 4.00. The van der Waals surface area contributed by atoms with Crippen LogP contribution in [0.25, 0.3) is 0 Å². The van der Waals surface area contributed by atoms with E-state index in [0.29, 0.717) is 6.54 Å². The van der Waals surface area contributed by atoms with Crippen LogP contribution < -0.4 is 10.6 Å². The van der Waals surface area contributed by atoms with E-state index in [2.05, 4.69) is 22.1 Å². The Morgan fingerprint density at radius 1 is 1.20 bits per heavy atom.